The molecule has 1 aromatic carbocycles. The van der Waals surface area contributed by atoms with Crippen LogP contribution in [0.1, 0.15) is 84.0 Å². The Hall–Kier alpha value is -1.09. The van der Waals surface area contributed by atoms with Gasteiger partial charge < -0.3 is 4.57 Å². The van der Waals surface area contributed by atoms with Gasteiger partial charge >= 0.3 is 0 Å². The summed E-state index contributed by atoms with van der Waals surface area (Å²) in [5.74, 6) is 1.07. The van der Waals surface area contributed by atoms with Gasteiger partial charge in [0.1, 0.15) is 5.82 Å². The summed E-state index contributed by atoms with van der Waals surface area (Å²) in [6.45, 7) is 3.35. The molecule has 1 heterocycles. The van der Waals surface area contributed by atoms with Gasteiger partial charge in [-0.05, 0) is 12.5 Å². The molecule has 0 fully saturated rings. The average Bonchev–Trinajstić information content (AvgIpc) is 3.11. The van der Waals surface area contributed by atoms with Crippen LogP contribution in [0.4, 0.5) is 0 Å². The molecule has 0 aliphatic carbocycles. The van der Waals surface area contributed by atoms with E-state index in [1.165, 1.54) is 82.6 Å². The van der Waals surface area contributed by atoms with Crippen LogP contribution in [0.2, 0.25) is 0 Å². The lowest BCUT2D eigenvalue weighted by molar-refractivity contribution is 0.529. The molecule has 0 aliphatic rings. The van der Waals surface area contributed by atoms with Crippen LogP contribution in [0.15, 0.2) is 41.1 Å². The van der Waals surface area contributed by atoms with Crippen LogP contribution in [0.5, 0.6) is 0 Å². The van der Waals surface area contributed by atoms with Gasteiger partial charge in [-0.1, -0.05) is 112 Å². The minimum atomic E-state index is 1.06. The predicted molar refractivity (Wildman–Crippen MR) is 116 cm³/mol. The average molecular weight is 419 g/mol. The lowest BCUT2D eigenvalue weighted by atomic mass is 10.1. The number of imidazole rings is 1. The number of hydrogen-bond acceptors (Lipinski definition) is 1. The minimum Gasteiger partial charge on any atom is -0.331 e. The largest absolute Gasteiger partial charge is 0.331 e. The molecule has 0 N–H and O–H groups in total. The van der Waals surface area contributed by atoms with Crippen molar-refractivity contribution in [1.82, 2.24) is 9.55 Å². The molecule has 0 saturated carbocycles. The molecule has 26 heavy (non-hydrogen) atoms. The van der Waals surface area contributed by atoms with Crippen LogP contribution in [0, 0.1) is 0 Å². The summed E-state index contributed by atoms with van der Waals surface area (Å²) >= 11 is 3.64. The summed E-state index contributed by atoms with van der Waals surface area (Å²) in [5.41, 5.74) is 1.18. The molecule has 2 nitrogen and oxygen atoms in total. The maximum absolute atomic E-state index is 4.56. The third-order valence-electron chi connectivity index (χ3n) is 5.08. The van der Waals surface area contributed by atoms with Crippen molar-refractivity contribution in [3.8, 4) is 11.4 Å². The van der Waals surface area contributed by atoms with Crippen molar-refractivity contribution < 1.29 is 0 Å². The highest BCUT2D eigenvalue weighted by Crippen LogP contribution is 2.26. The lowest BCUT2D eigenvalue weighted by Gasteiger charge is -2.09. The van der Waals surface area contributed by atoms with Gasteiger partial charge in [0.2, 0.25) is 0 Å². The highest BCUT2D eigenvalue weighted by Gasteiger charge is 2.08. The molecule has 0 radical (unpaired) electrons. The summed E-state index contributed by atoms with van der Waals surface area (Å²) in [4.78, 5) is 4.56. The summed E-state index contributed by atoms with van der Waals surface area (Å²) < 4.78 is 3.40. The third-order valence-corrected chi connectivity index (χ3v) is 5.77. The minimum absolute atomic E-state index is 1.06. The van der Waals surface area contributed by atoms with Crippen molar-refractivity contribution in [2.24, 2.45) is 0 Å². The molecule has 1 aromatic heterocycles. The highest BCUT2D eigenvalue weighted by molar-refractivity contribution is 9.10. The molecule has 0 aliphatic heterocycles. The summed E-state index contributed by atoms with van der Waals surface area (Å²) in [5, 5.41) is 0. The van der Waals surface area contributed by atoms with Crippen LogP contribution in [-0.2, 0) is 6.54 Å². The Kier molecular flexibility index (Phi) is 10.7. The van der Waals surface area contributed by atoms with Crippen molar-refractivity contribution in [3.63, 3.8) is 0 Å². The van der Waals surface area contributed by atoms with E-state index in [-0.39, 0.29) is 0 Å². The second-order valence-corrected chi connectivity index (χ2v) is 8.17. The van der Waals surface area contributed by atoms with Gasteiger partial charge in [0.05, 0.1) is 0 Å². The van der Waals surface area contributed by atoms with Crippen molar-refractivity contribution in [2.45, 2.75) is 90.5 Å². The Morgan fingerprint density at radius 2 is 1.38 bits per heavy atom. The molecule has 2 rings (SSSR count). The van der Waals surface area contributed by atoms with Gasteiger partial charge in [0.25, 0.3) is 0 Å². The van der Waals surface area contributed by atoms with E-state index in [9.17, 15) is 0 Å². The number of unbranched alkanes of at least 4 members (excludes halogenated alkanes) is 11. The van der Waals surface area contributed by atoms with Crippen molar-refractivity contribution in [1.29, 1.82) is 0 Å². The third kappa shape index (κ3) is 7.65. The van der Waals surface area contributed by atoms with E-state index < -0.39 is 0 Å². The summed E-state index contributed by atoms with van der Waals surface area (Å²) in [6.07, 6.45) is 20.7. The van der Waals surface area contributed by atoms with Gasteiger partial charge in [-0.2, -0.15) is 0 Å². The fourth-order valence-electron chi connectivity index (χ4n) is 3.50. The van der Waals surface area contributed by atoms with Gasteiger partial charge in [0.15, 0.2) is 0 Å². The van der Waals surface area contributed by atoms with E-state index >= 15 is 0 Å². The zero-order chi connectivity index (χ0) is 18.5. The zero-order valence-corrected chi connectivity index (χ0v) is 18.0. The molecule has 2 aromatic rings. The number of hydrogen-bond donors (Lipinski definition) is 0. The predicted octanol–water partition coefficient (Wildman–Crippen LogP) is 8.01. The Morgan fingerprint density at radius 3 is 2.00 bits per heavy atom. The standard InChI is InChI=1S/C23H35BrN2/c1-2-3-4-5-6-7-8-9-10-11-12-15-19-26-20-18-25-23(26)21-16-13-14-17-22(21)24/h13-14,16-18,20H,2-12,15,19H2,1H3. The van der Waals surface area contributed by atoms with E-state index in [0.29, 0.717) is 0 Å². The molecule has 0 saturated heterocycles. The van der Waals surface area contributed by atoms with E-state index in [4.69, 9.17) is 0 Å². The Labute approximate surface area is 168 Å². The number of nitrogens with zero attached hydrogens (tertiary/aromatic N) is 2. The van der Waals surface area contributed by atoms with Crippen molar-refractivity contribution in [3.05, 3.63) is 41.1 Å². The Morgan fingerprint density at radius 1 is 0.808 bits per heavy atom. The zero-order valence-electron chi connectivity index (χ0n) is 16.4. The van der Waals surface area contributed by atoms with Crippen LogP contribution in [-0.4, -0.2) is 9.55 Å². The smallest absolute Gasteiger partial charge is 0.141 e. The van der Waals surface area contributed by atoms with Gasteiger partial charge in [-0.15, -0.1) is 0 Å². The second kappa shape index (κ2) is 13.1. The van der Waals surface area contributed by atoms with Crippen LogP contribution in [0.3, 0.4) is 0 Å². The first-order chi connectivity index (χ1) is 12.8. The SMILES string of the molecule is CCCCCCCCCCCCCCn1ccnc1-c1ccccc1Br. The quantitative estimate of drug-likeness (QED) is 0.284. The monoisotopic (exact) mass is 418 g/mol. The first-order valence-corrected chi connectivity index (χ1v) is 11.4. The molecule has 0 atom stereocenters. The highest BCUT2D eigenvalue weighted by atomic mass is 79.9. The number of aromatic nitrogens is 2. The topological polar surface area (TPSA) is 17.8 Å². The molecule has 0 spiro atoms. The van der Waals surface area contributed by atoms with Crippen LogP contribution >= 0.6 is 15.9 Å². The van der Waals surface area contributed by atoms with E-state index in [2.05, 4.69) is 56.8 Å². The molecular weight excluding hydrogens is 384 g/mol. The molecule has 144 valence electrons. The number of benzene rings is 1. The van der Waals surface area contributed by atoms with E-state index in [1.807, 2.05) is 12.3 Å². The normalized spacial score (nSPS) is 11.2. The number of halogens is 1. The lowest BCUT2D eigenvalue weighted by Crippen LogP contribution is -2.00. The second-order valence-electron chi connectivity index (χ2n) is 7.31. The molecule has 3 heteroatoms. The Balaban J connectivity index is 1.55. The number of aryl methyl sites for hydroxylation is 1. The molecule has 0 unspecified atom stereocenters. The molecule has 0 amide bonds. The first-order valence-electron chi connectivity index (χ1n) is 10.6. The van der Waals surface area contributed by atoms with Crippen molar-refractivity contribution in [2.75, 3.05) is 0 Å². The molecule has 0 bridgehead atoms. The van der Waals surface area contributed by atoms with Gasteiger partial charge in [-0.3, -0.25) is 0 Å². The maximum atomic E-state index is 4.56. The van der Waals surface area contributed by atoms with Crippen LogP contribution < -0.4 is 0 Å². The van der Waals surface area contributed by atoms with Gasteiger partial charge in [0, 0.05) is 29.0 Å². The maximum Gasteiger partial charge on any atom is 0.141 e. The first kappa shape index (κ1) is 21.2. The van der Waals surface area contributed by atoms with Crippen LogP contribution in [0.25, 0.3) is 11.4 Å². The fraction of sp³-hybridized carbons (Fsp3) is 0.609. The summed E-state index contributed by atoms with van der Waals surface area (Å²) in [6, 6.07) is 8.33. The van der Waals surface area contributed by atoms with Crippen molar-refractivity contribution >= 4 is 15.9 Å². The van der Waals surface area contributed by atoms with E-state index in [0.717, 1.165) is 16.8 Å². The Bertz CT molecular complexity index is 606. The fourth-order valence-corrected chi connectivity index (χ4v) is 3.96. The van der Waals surface area contributed by atoms with E-state index in [1.54, 1.807) is 0 Å². The molecular formula is C23H35BrN2. The van der Waals surface area contributed by atoms with Gasteiger partial charge in [-0.25, -0.2) is 4.98 Å². The number of rotatable bonds is 14. The summed E-state index contributed by atoms with van der Waals surface area (Å²) in [7, 11) is 0.